The number of hydrogen-bond acceptors (Lipinski definition) is 7. The van der Waals surface area contributed by atoms with Gasteiger partial charge in [0.1, 0.15) is 23.0 Å². The number of guanidine groups is 1. The smallest absolute Gasteiger partial charge is 0.365 e. The molecular formula is C25H27N6O3+. The highest BCUT2D eigenvalue weighted by molar-refractivity contribution is 6.00. The van der Waals surface area contributed by atoms with Crippen LogP contribution in [0, 0.1) is 0 Å². The number of hydrogen-bond donors (Lipinski definition) is 5. The molecule has 0 aliphatic rings. The van der Waals surface area contributed by atoms with Crippen LogP contribution in [0.4, 0.5) is 0 Å². The number of hydrazone groups is 1. The van der Waals surface area contributed by atoms with Crippen LogP contribution in [0.2, 0.25) is 0 Å². The van der Waals surface area contributed by atoms with E-state index in [1.165, 1.54) is 5.43 Å². The predicted molar refractivity (Wildman–Crippen MR) is 133 cm³/mol. The molecule has 6 N–H and O–H groups in total. The minimum absolute atomic E-state index is 0.175. The highest BCUT2D eigenvalue weighted by Crippen LogP contribution is 2.12. The first-order valence-electron chi connectivity index (χ1n) is 10.5. The van der Waals surface area contributed by atoms with Crippen LogP contribution in [-0.2, 0) is 0 Å². The van der Waals surface area contributed by atoms with E-state index in [9.17, 15) is 15.3 Å². The van der Waals surface area contributed by atoms with Gasteiger partial charge in [-0.1, -0.05) is 10.2 Å². The van der Waals surface area contributed by atoms with Gasteiger partial charge >= 0.3 is 5.96 Å². The fraction of sp³-hybridized carbons (Fsp3) is 0.120. The summed E-state index contributed by atoms with van der Waals surface area (Å²) in [7, 11) is 0. The van der Waals surface area contributed by atoms with Crippen molar-refractivity contribution in [2.24, 2.45) is 20.4 Å². The van der Waals surface area contributed by atoms with Crippen molar-refractivity contribution < 1.29 is 20.7 Å². The van der Waals surface area contributed by atoms with Crippen molar-refractivity contribution in [3.8, 4) is 17.2 Å². The number of phenols is 3. The number of aromatic hydroxyl groups is 3. The van der Waals surface area contributed by atoms with E-state index in [1.54, 1.807) is 72.8 Å². The maximum absolute atomic E-state index is 9.48. The van der Waals surface area contributed by atoms with E-state index in [4.69, 9.17) is 0 Å². The second kappa shape index (κ2) is 11.4. The van der Waals surface area contributed by atoms with Gasteiger partial charge in [0.2, 0.25) is 0 Å². The summed E-state index contributed by atoms with van der Waals surface area (Å²) in [4.78, 5) is 0. The van der Waals surface area contributed by atoms with E-state index in [2.05, 4.69) is 25.8 Å². The minimum Gasteiger partial charge on any atom is -0.508 e. The van der Waals surface area contributed by atoms with Crippen molar-refractivity contribution in [1.29, 1.82) is 0 Å². The van der Waals surface area contributed by atoms with Gasteiger partial charge in [0.25, 0.3) is 0 Å². The van der Waals surface area contributed by atoms with Crippen LogP contribution in [0.1, 0.15) is 37.5 Å². The molecule has 0 amide bonds. The molecule has 0 saturated heterocycles. The maximum atomic E-state index is 9.48. The van der Waals surface area contributed by atoms with E-state index in [-0.39, 0.29) is 17.2 Å². The Labute approximate surface area is 197 Å². The third-order valence-electron chi connectivity index (χ3n) is 4.88. The molecule has 0 aliphatic carbocycles. The molecule has 9 nitrogen and oxygen atoms in total. The van der Waals surface area contributed by atoms with Gasteiger partial charge in [-0.15, -0.1) is 5.10 Å². The zero-order valence-corrected chi connectivity index (χ0v) is 19.1. The van der Waals surface area contributed by atoms with E-state index in [0.29, 0.717) is 23.1 Å². The molecule has 0 fully saturated rings. The fourth-order valence-electron chi connectivity index (χ4n) is 2.81. The Balaban J connectivity index is 1.84. The van der Waals surface area contributed by atoms with Gasteiger partial charge in [-0.2, -0.15) is 10.5 Å². The van der Waals surface area contributed by atoms with Crippen LogP contribution in [0.15, 0.2) is 93.2 Å². The normalized spacial score (nSPS) is 13.1. The molecule has 0 atom stereocenters. The zero-order valence-electron chi connectivity index (χ0n) is 19.1. The third kappa shape index (κ3) is 7.01. The molecule has 0 unspecified atom stereocenters. The lowest BCUT2D eigenvalue weighted by atomic mass is 10.1. The van der Waals surface area contributed by atoms with Crippen LogP contribution >= 0.6 is 0 Å². The number of nitrogens with one attached hydrogen (secondary N) is 1. The van der Waals surface area contributed by atoms with Crippen molar-refractivity contribution >= 4 is 23.1 Å². The number of phenolic OH excluding ortho intramolecular Hbond substituents is 3. The number of rotatable bonds is 6. The molecule has 0 saturated carbocycles. The average molecular weight is 460 g/mol. The molecule has 3 rings (SSSR count). The minimum atomic E-state index is 0.175. The Morgan fingerprint density at radius 3 is 1.47 bits per heavy atom. The summed E-state index contributed by atoms with van der Waals surface area (Å²) in [6, 6.07) is 20.1. The molecule has 0 radical (unpaired) electrons. The van der Waals surface area contributed by atoms with Crippen molar-refractivity contribution in [3.63, 3.8) is 0 Å². The highest BCUT2D eigenvalue weighted by atomic mass is 16.3. The standard InChI is InChI=1S/C25H26N6O3/c1-16(19-4-10-22(32)11-5-19)26-29-25(30-27-17(2)20-6-12-23(33)13-7-20)31-28-18(3)21-8-14-24(34)15-9-21/h4-15,32-34H,1-3H3,(H2,29,30,31)/p+1. The third-order valence-corrected chi connectivity index (χ3v) is 4.88. The molecule has 9 heteroatoms. The molecular weight excluding hydrogens is 432 g/mol. The van der Waals surface area contributed by atoms with Gasteiger partial charge in [-0.05, 0) is 105 Å². The topological polar surface area (TPSA) is 139 Å². The Morgan fingerprint density at radius 1 is 0.588 bits per heavy atom. The van der Waals surface area contributed by atoms with E-state index in [1.807, 2.05) is 20.8 Å². The van der Waals surface area contributed by atoms with Gasteiger partial charge in [0, 0.05) is 5.56 Å². The average Bonchev–Trinajstić information content (AvgIpc) is 2.84. The summed E-state index contributed by atoms with van der Waals surface area (Å²) in [6.07, 6.45) is 0. The second-order valence-corrected chi connectivity index (χ2v) is 7.46. The summed E-state index contributed by atoms with van der Waals surface area (Å²) >= 11 is 0. The summed E-state index contributed by atoms with van der Waals surface area (Å²) in [5.74, 6) is 0.837. The van der Waals surface area contributed by atoms with Gasteiger partial charge in [0.15, 0.2) is 0 Å². The number of nitrogens with zero attached hydrogens (tertiary/aromatic N) is 4. The van der Waals surface area contributed by atoms with E-state index in [0.717, 1.165) is 16.7 Å². The lowest BCUT2D eigenvalue weighted by Crippen LogP contribution is -2.86. The lowest BCUT2D eigenvalue weighted by molar-refractivity contribution is -0.549. The SMILES string of the molecule is CC(=NN=C(NN=C(C)c1ccc(O)cc1)[NH2+]N=C(C)c1ccc(O)cc1)c1ccc(O)cc1. The van der Waals surface area contributed by atoms with Crippen molar-refractivity contribution in [2.45, 2.75) is 20.8 Å². The van der Waals surface area contributed by atoms with Crippen LogP contribution in [-0.4, -0.2) is 38.4 Å². The monoisotopic (exact) mass is 459 g/mol. The molecule has 3 aromatic rings. The second-order valence-electron chi connectivity index (χ2n) is 7.46. The highest BCUT2D eigenvalue weighted by Gasteiger charge is 2.07. The number of nitrogens with two attached hydrogens (primary N) is 1. The maximum Gasteiger partial charge on any atom is 0.365 e. The molecule has 0 heterocycles. The summed E-state index contributed by atoms with van der Waals surface area (Å²) < 4.78 is 0. The molecule has 174 valence electrons. The van der Waals surface area contributed by atoms with Crippen molar-refractivity contribution in [2.75, 3.05) is 0 Å². The quantitative estimate of drug-likeness (QED) is 0.167. The van der Waals surface area contributed by atoms with Crippen molar-refractivity contribution in [1.82, 2.24) is 5.43 Å². The molecule has 3 aromatic carbocycles. The predicted octanol–water partition coefficient (Wildman–Crippen LogP) is 2.88. The number of quaternary nitrogens is 1. The Bertz CT molecular complexity index is 1160. The molecule has 0 aromatic heterocycles. The van der Waals surface area contributed by atoms with Crippen LogP contribution in [0.5, 0.6) is 17.2 Å². The van der Waals surface area contributed by atoms with E-state index < -0.39 is 0 Å². The van der Waals surface area contributed by atoms with Gasteiger partial charge in [-0.25, -0.2) is 5.43 Å². The molecule has 34 heavy (non-hydrogen) atoms. The molecule has 0 aliphatic heterocycles. The molecule has 0 bridgehead atoms. The van der Waals surface area contributed by atoms with Gasteiger partial charge in [-0.3, -0.25) is 0 Å². The first-order chi connectivity index (χ1) is 16.3. The summed E-state index contributed by atoms with van der Waals surface area (Å²) in [5, 5.41) is 45.8. The largest absolute Gasteiger partial charge is 0.508 e. The summed E-state index contributed by atoms with van der Waals surface area (Å²) in [6.45, 7) is 5.48. The summed E-state index contributed by atoms with van der Waals surface area (Å²) in [5.41, 5.74) is 8.94. The fourth-order valence-corrected chi connectivity index (χ4v) is 2.81. The Kier molecular flexibility index (Phi) is 8.09. The first-order valence-corrected chi connectivity index (χ1v) is 10.5. The van der Waals surface area contributed by atoms with Crippen molar-refractivity contribution in [3.05, 3.63) is 89.5 Å². The Morgan fingerprint density at radius 2 is 1.00 bits per heavy atom. The molecule has 0 spiro atoms. The van der Waals surface area contributed by atoms with Gasteiger partial charge < -0.3 is 15.3 Å². The van der Waals surface area contributed by atoms with Crippen LogP contribution < -0.4 is 10.9 Å². The lowest BCUT2D eigenvalue weighted by Gasteiger charge is -2.04. The van der Waals surface area contributed by atoms with E-state index >= 15 is 0 Å². The van der Waals surface area contributed by atoms with Crippen LogP contribution in [0.3, 0.4) is 0 Å². The van der Waals surface area contributed by atoms with Gasteiger partial charge in [0.05, 0.1) is 11.4 Å². The first kappa shape index (κ1) is 24.1. The zero-order chi connectivity index (χ0) is 24.5. The number of benzene rings is 3. The Hall–Kier alpha value is -4.50. The van der Waals surface area contributed by atoms with Crippen LogP contribution in [0.25, 0.3) is 0 Å².